The van der Waals surface area contributed by atoms with Gasteiger partial charge in [0.2, 0.25) is 0 Å². The highest BCUT2D eigenvalue weighted by Crippen LogP contribution is 2.22. The highest BCUT2D eigenvalue weighted by molar-refractivity contribution is 4.74. The molecular formula is C17H36N2. The van der Waals surface area contributed by atoms with Gasteiger partial charge < -0.3 is 10.6 Å². The van der Waals surface area contributed by atoms with Gasteiger partial charge in [-0.25, -0.2) is 0 Å². The highest BCUT2D eigenvalue weighted by Gasteiger charge is 2.16. The first-order valence-corrected chi connectivity index (χ1v) is 8.58. The fourth-order valence-electron chi connectivity index (χ4n) is 3.01. The first kappa shape index (κ1) is 17.0. The molecule has 0 aromatic carbocycles. The maximum atomic E-state index is 3.66. The van der Waals surface area contributed by atoms with Gasteiger partial charge >= 0.3 is 0 Å². The number of rotatable bonds is 10. The van der Waals surface area contributed by atoms with Crippen molar-refractivity contribution in [3.05, 3.63) is 0 Å². The lowest BCUT2D eigenvalue weighted by Crippen LogP contribution is -2.35. The molecule has 0 amide bonds. The molecule has 1 unspecified atom stereocenters. The molecule has 0 spiro atoms. The number of piperidine rings is 1. The van der Waals surface area contributed by atoms with E-state index in [1.165, 1.54) is 77.4 Å². The second kappa shape index (κ2) is 9.77. The molecule has 1 aliphatic heterocycles. The van der Waals surface area contributed by atoms with Crippen molar-refractivity contribution in [2.45, 2.75) is 84.6 Å². The predicted octanol–water partition coefficient (Wildman–Crippen LogP) is 4.10. The van der Waals surface area contributed by atoms with Gasteiger partial charge in [0.1, 0.15) is 0 Å². The number of hydrogen-bond acceptors (Lipinski definition) is 2. The SMILES string of the molecule is CCCCCC(C)(C)CNCCCC1CCCCN1. The normalized spacial score (nSPS) is 20.7. The van der Waals surface area contributed by atoms with Crippen LogP contribution in [0, 0.1) is 5.41 Å². The van der Waals surface area contributed by atoms with Crippen LogP contribution in [0.25, 0.3) is 0 Å². The smallest absolute Gasteiger partial charge is 0.00675 e. The Hall–Kier alpha value is -0.0800. The molecule has 1 rings (SSSR count). The lowest BCUT2D eigenvalue weighted by molar-refractivity contribution is 0.298. The van der Waals surface area contributed by atoms with E-state index >= 15 is 0 Å². The molecule has 0 aromatic rings. The molecule has 19 heavy (non-hydrogen) atoms. The van der Waals surface area contributed by atoms with Crippen molar-refractivity contribution >= 4 is 0 Å². The molecule has 2 N–H and O–H groups in total. The van der Waals surface area contributed by atoms with Crippen LogP contribution in [0.1, 0.15) is 78.6 Å². The van der Waals surface area contributed by atoms with Crippen molar-refractivity contribution < 1.29 is 0 Å². The van der Waals surface area contributed by atoms with E-state index in [0.717, 1.165) is 6.04 Å². The van der Waals surface area contributed by atoms with Gasteiger partial charge in [0.05, 0.1) is 0 Å². The zero-order valence-electron chi connectivity index (χ0n) is 13.6. The first-order chi connectivity index (χ1) is 9.14. The monoisotopic (exact) mass is 268 g/mol. The summed E-state index contributed by atoms with van der Waals surface area (Å²) in [5.74, 6) is 0. The first-order valence-electron chi connectivity index (χ1n) is 8.58. The van der Waals surface area contributed by atoms with Gasteiger partial charge in [-0.15, -0.1) is 0 Å². The van der Waals surface area contributed by atoms with E-state index in [2.05, 4.69) is 31.4 Å². The molecule has 2 heteroatoms. The van der Waals surface area contributed by atoms with E-state index in [-0.39, 0.29) is 0 Å². The number of hydrogen-bond donors (Lipinski definition) is 2. The Bertz CT molecular complexity index is 207. The fourth-order valence-corrected chi connectivity index (χ4v) is 3.01. The van der Waals surface area contributed by atoms with Crippen molar-refractivity contribution in [2.75, 3.05) is 19.6 Å². The molecule has 2 nitrogen and oxygen atoms in total. The van der Waals surface area contributed by atoms with Crippen LogP contribution in [0.5, 0.6) is 0 Å². The molecule has 1 aliphatic rings. The maximum absolute atomic E-state index is 3.66. The molecule has 0 aliphatic carbocycles. The third kappa shape index (κ3) is 8.65. The Labute approximate surface area is 121 Å². The standard InChI is InChI=1S/C17H36N2/c1-4-5-7-12-17(2,3)15-18-13-9-11-16-10-6-8-14-19-16/h16,18-19H,4-15H2,1-3H3. The Morgan fingerprint density at radius 3 is 2.68 bits per heavy atom. The summed E-state index contributed by atoms with van der Waals surface area (Å²) in [5.41, 5.74) is 0.470. The summed E-state index contributed by atoms with van der Waals surface area (Å²) in [7, 11) is 0. The van der Waals surface area contributed by atoms with Crippen molar-refractivity contribution in [3.63, 3.8) is 0 Å². The van der Waals surface area contributed by atoms with Gasteiger partial charge in [-0.1, -0.05) is 46.5 Å². The fraction of sp³-hybridized carbons (Fsp3) is 1.00. The molecule has 0 bridgehead atoms. The van der Waals surface area contributed by atoms with Crippen LogP contribution in [-0.2, 0) is 0 Å². The Morgan fingerprint density at radius 1 is 1.16 bits per heavy atom. The summed E-state index contributed by atoms with van der Waals surface area (Å²) < 4.78 is 0. The van der Waals surface area contributed by atoms with Crippen LogP contribution in [0.4, 0.5) is 0 Å². The predicted molar refractivity (Wildman–Crippen MR) is 85.7 cm³/mol. The van der Waals surface area contributed by atoms with E-state index in [0.29, 0.717) is 5.41 Å². The minimum Gasteiger partial charge on any atom is -0.316 e. The minimum absolute atomic E-state index is 0.470. The molecule has 1 atom stereocenters. The quantitative estimate of drug-likeness (QED) is 0.583. The van der Waals surface area contributed by atoms with Gasteiger partial charge in [-0.05, 0) is 50.6 Å². The van der Waals surface area contributed by atoms with Gasteiger partial charge in [0.25, 0.3) is 0 Å². The van der Waals surface area contributed by atoms with Gasteiger partial charge in [0, 0.05) is 12.6 Å². The Balaban J connectivity index is 1.96. The zero-order valence-corrected chi connectivity index (χ0v) is 13.6. The van der Waals surface area contributed by atoms with Gasteiger partial charge in [0.15, 0.2) is 0 Å². The van der Waals surface area contributed by atoms with Crippen molar-refractivity contribution in [3.8, 4) is 0 Å². The molecule has 0 aromatic heterocycles. The van der Waals surface area contributed by atoms with Crippen molar-refractivity contribution in [1.29, 1.82) is 0 Å². The summed E-state index contributed by atoms with van der Waals surface area (Å²) in [4.78, 5) is 0. The number of unbranched alkanes of at least 4 members (excludes halogenated alkanes) is 2. The Kier molecular flexibility index (Phi) is 8.72. The summed E-state index contributed by atoms with van der Waals surface area (Å²) in [6, 6.07) is 0.799. The molecule has 0 saturated carbocycles. The van der Waals surface area contributed by atoms with Crippen LogP contribution in [0.15, 0.2) is 0 Å². The maximum Gasteiger partial charge on any atom is 0.00675 e. The van der Waals surface area contributed by atoms with Crippen LogP contribution in [-0.4, -0.2) is 25.7 Å². The van der Waals surface area contributed by atoms with Crippen LogP contribution in [0.2, 0.25) is 0 Å². The van der Waals surface area contributed by atoms with Crippen LogP contribution >= 0.6 is 0 Å². The minimum atomic E-state index is 0.470. The summed E-state index contributed by atoms with van der Waals surface area (Å²) in [6.07, 6.45) is 12.3. The Morgan fingerprint density at radius 2 is 2.00 bits per heavy atom. The van der Waals surface area contributed by atoms with E-state index in [9.17, 15) is 0 Å². The third-order valence-electron chi connectivity index (χ3n) is 4.38. The summed E-state index contributed by atoms with van der Waals surface area (Å²) >= 11 is 0. The van der Waals surface area contributed by atoms with Gasteiger partial charge in [-0.2, -0.15) is 0 Å². The summed E-state index contributed by atoms with van der Waals surface area (Å²) in [6.45, 7) is 10.7. The van der Waals surface area contributed by atoms with Crippen molar-refractivity contribution in [2.24, 2.45) is 5.41 Å². The average molecular weight is 268 g/mol. The zero-order chi connectivity index (χ0) is 14.0. The second-order valence-corrected chi connectivity index (χ2v) is 7.09. The van der Waals surface area contributed by atoms with E-state index in [4.69, 9.17) is 0 Å². The van der Waals surface area contributed by atoms with E-state index in [1.54, 1.807) is 0 Å². The molecular weight excluding hydrogens is 232 g/mol. The largest absolute Gasteiger partial charge is 0.316 e. The van der Waals surface area contributed by atoms with Crippen LogP contribution in [0.3, 0.4) is 0 Å². The topological polar surface area (TPSA) is 24.1 Å². The van der Waals surface area contributed by atoms with E-state index < -0.39 is 0 Å². The average Bonchev–Trinajstić information content (AvgIpc) is 2.39. The second-order valence-electron chi connectivity index (χ2n) is 7.09. The molecule has 0 radical (unpaired) electrons. The van der Waals surface area contributed by atoms with E-state index in [1.807, 2.05) is 0 Å². The van der Waals surface area contributed by atoms with Crippen molar-refractivity contribution in [1.82, 2.24) is 10.6 Å². The van der Waals surface area contributed by atoms with Crippen LogP contribution < -0.4 is 10.6 Å². The summed E-state index contributed by atoms with van der Waals surface area (Å²) in [5, 5.41) is 7.30. The molecule has 1 saturated heterocycles. The lowest BCUT2D eigenvalue weighted by atomic mass is 9.87. The number of nitrogens with one attached hydrogen (secondary N) is 2. The molecule has 1 heterocycles. The van der Waals surface area contributed by atoms with Gasteiger partial charge in [-0.3, -0.25) is 0 Å². The molecule has 114 valence electrons. The molecule has 1 fully saturated rings. The third-order valence-corrected chi connectivity index (χ3v) is 4.38. The highest BCUT2D eigenvalue weighted by atomic mass is 14.9. The lowest BCUT2D eigenvalue weighted by Gasteiger charge is -2.26.